The van der Waals surface area contributed by atoms with Gasteiger partial charge in [-0.3, -0.25) is 9.59 Å². The third-order valence-corrected chi connectivity index (χ3v) is 5.03. The third-order valence-electron chi connectivity index (χ3n) is 5.03. The van der Waals surface area contributed by atoms with Crippen LogP contribution in [0, 0.1) is 0 Å². The molecule has 0 bridgehead atoms. The third kappa shape index (κ3) is 2.31. The van der Waals surface area contributed by atoms with Crippen molar-refractivity contribution < 1.29 is 9.53 Å². The summed E-state index contributed by atoms with van der Waals surface area (Å²) in [6.45, 7) is 1.98. The Morgan fingerprint density at radius 2 is 1.92 bits per heavy atom. The van der Waals surface area contributed by atoms with Crippen molar-refractivity contribution in [2.75, 3.05) is 13.7 Å². The van der Waals surface area contributed by atoms with E-state index in [1.54, 1.807) is 4.57 Å². The second-order valence-corrected chi connectivity index (χ2v) is 6.37. The summed E-state index contributed by atoms with van der Waals surface area (Å²) in [6, 6.07) is 9.69. The van der Waals surface area contributed by atoms with Gasteiger partial charge in [0.1, 0.15) is 11.3 Å². The fourth-order valence-electron chi connectivity index (χ4n) is 3.80. The quantitative estimate of drug-likeness (QED) is 0.849. The van der Waals surface area contributed by atoms with E-state index in [4.69, 9.17) is 4.74 Å². The Morgan fingerprint density at radius 1 is 1.12 bits per heavy atom. The maximum Gasteiger partial charge on any atom is 0.259 e. The van der Waals surface area contributed by atoms with Crippen LogP contribution in [0.3, 0.4) is 0 Å². The van der Waals surface area contributed by atoms with E-state index in [2.05, 4.69) is 12.1 Å². The van der Waals surface area contributed by atoms with Crippen molar-refractivity contribution in [1.82, 2.24) is 9.47 Å². The average molecular weight is 324 g/mol. The summed E-state index contributed by atoms with van der Waals surface area (Å²) < 4.78 is 7.09. The number of pyridine rings is 1. The summed E-state index contributed by atoms with van der Waals surface area (Å²) in [5.41, 5.74) is 3.81. The molecule has 0 N–H and O–H groups in total. The molecule has 0 fully saturated rings. The number of rotatable bonds is 2. The van der Waals surface area contributed by atoms with E-state index in [9.17, 15) is 9.59 Å². The number of fused-ring (bicyclic) bond motifs is 2. The van der Waals surface area contributed by atoms with Gasteiger partial charge in [-0.25, -0.2) is 0 Å². The predicted molar refractivity (Wildman–Crippen MR) is 90.5 cm³/mol. The molecule has 0 unspecified atom stereocenters. The molecule has 2 aromatic rings. The molecule has 1 amide bonds. The summed E-state index contributed by atoms with van der Waals surface area (Å²) in [6.07, 6.45) is 2.50. The van der Waals surface area contributed by atoms with Crippen molar-refractivity contribution in [3.8, 4) is 5.75 Å². The van der Waals surface area contributed by atoms with Gasteiger partial charge in [0.25, 0.3) is 11.5 Å². The van der Waals surface area contributed by atoms with E-state index < -0.39 is 0 Å². The van der Waals surface area contributed by atoms with Crippen LogP contribution in [0.2, 0.25) is 0 Å². The number of carbonyl (C=O) groups is 1. The molecule has 0 spiro atoms. The summed E-state index contributed by atoms with van der Waals surface area (Å²) in [5.74, 6) is 0.365. The van der Waals surface area contributed by atoms with Crippen LogP contribution in [0.25, 0.3) is 0 Å². The number of carbonyl (C=O) groups excluding carboxylic acids is 1. The number of amides is 1. The summed E-state index contributed by atoms with van der Waals surface area (Å²) in [4.78, 5) is 27.2. The summed E-state index contributed by atoms with van der Waals surface area (Å²) >= 11 is 0. The van der Waals surface area contributed by atoms with E-state index in [1.165, 1.54) is 24.3 Å². The van der Waals surface area contributed by atoms with Crippen molar-refractivity contribution >= 4 is 5.91 Å². The SMILES string of the molecule is COc1cc(=O)n2c(c1C(=O)N1CCc3ccccc3C1)CCC2. The van der Waals surface area contributed by atoms with Crippen LogP contribution in [0.4, 0.5) is 0 Å². The van der Waals surface area contributed by atoms with E-state index in [0.29, 0.717) is 30.9 Å². The Bertz CT molecular complexity index is 869. The van der Waals surface area contributed by atoms with Gasteiger partial charge < -0.3 is 14.2 Å². The van der Waals surface area contributed by atoms with Gasteiger partial charge in [-0.2, -0.15) is 0 Å². The first-order valence-electron chi connectivity index (χ1n) is 8.36. The maximum atomic E-state index is 13.2. The average Bonchev–Trinajstić information content (AvgIpc) is 3.10. The summed E-state index contributed by atoms with van der Waals surface area (Å²) in [5, 5.41) is 0. The molecule has 5 nitrogen and oxygen atoms in total. The van der Waals surface area contributed by atoms with Gasteiger partial charge in [-0.15, -0.1) is 0 Å². The van der Waals surface area contributed by atoms with Crippen LogP contribution in [0.5, 0.6) is 5.75 Å². The van der Waals surface area contributed by atoms with Crippen molar-refractivity contribution in [2.45, 2.75) is 32.4 Å². The highest BCUT2D eigenvalue weighted by molar-refractivity contribution is 5.98. The second-order valence-electron chi connectivity index (χ2n) is 6.37. The molecule has 0 aliphatic carbocycles. The van der Waals surface area contributed by atoms with E-state index in [-0.39, 0.29) is 11.5 Å². The Hall–Kier alpha value is -2.56. The minimum Gasteiger partial charge on any atom is -0.496 e. The van der Waals surface area contributed by atoms with Crippen molar-refractivity contribution in [1.29, 1.82) is 0 Å². The molecular formula is C19H20N2O3. The lowest BCUT2D eigenvalue weighted by molar-refractivity contribution is 0.0729. The first kappa shape index (κ1) is 15.0. The van der Waals surface area contributed by atoms with Gasteiger partial charge in [-0.05, 0) is 30.4 Å². The number of methoxy groups -OCH3 is 1. The lowest BCUT2D eigenvalue weighted by atomic mass is 9.99. The Balaban J connectivity index is 1.74. The van der Waals surface area contributed by atoms with E-state index in [0.717, 1.165) is 25.0 Å². The molecule has 3 heterocycles. The minimum atomic E-state index is -0.0834. The van der Waals surface area contributed by atoms with Crippen LogP contribution < -0.4 is 10.3 Å². The zero-order valence-corrected chi connectivity index (χ0v) is 13.7. The number of ether oxygens (including phenoxy) is 1. The van der Waals surface area contributed by atoms with Gasteiger partial charge in [0.15, 0.2) is 0 Å². The van der Waals surface area contributed by atoms with Gasteiger partial charge in [-0.1, -0.05) is 24.3 Å². The predicted octanol–water partition coefficient (Wildman–Crippen LogP) is 2.00. The van der Waals surface area contributed by atoms with Gasteiger partial charge in [0.05, 0.1) is 7.11 Å². The molecule has 0 atom stereocenters. The molecular weight excluding hydrogens is 304 g/mol. The lowest BCUT2D eigenvalue weighted by Crippen LogP contribution is -2.37. The van der Waals surface area contributed by atoms with Gasteiger partial charge in [0.2, 0.25) is 0 Å². The smallest absolute Gasteiger partial charge is 0.259 e. The lowest BCUT2D eigenvalue weighted by Gasteiger charge is -2.30. The molecule has 0 saturated heterocycles. The van der Waals surface area contributed by atoms with Crippen LogP contribution in [-0.4, -0.2) is 29.0 Å². The Morgan fingerprint density at radius 3 is 2.71 bits per heavy atom. The molecule has 4 rings (SSSR count). The molecule has 1 aromatic carbocycles. The monoisotopic (exact) mass is 324 g/mol. The highest BCUT2D eigenvalue weighted by Gasteiger charge is 2.29. The highest BCUT2D eigenvalue weighted by atomic mass is 16.5. The molecule has 24 heavy (non-hydrogen) atoms. The Labute approximate surface area is 140 Å². The molecule has 124 valence electrons. The first-order valence-corrected chi connectivity index (χ1v) is 8.36. The van der Waals surface area contributed by atoms with Crippen LogP contribution in [0.1, 0.15) is 33.6 Å². The molecule has 5 heteroatoms. The highest BCUT2D eigenvalue weighted by Crippen LogP contribution is 2.28. The van der Waals surface area contributed by atoms with Crippen molar-refractivity contribution in [2.24, 2.45) is 0 Å². The van der Waals surface area contributed by atoms with E-state index >= 15 is 0 Å². The largest absolute Gasteiger partial charge is 0.496 e. The molecule has 0 saturated carbocycles. The zero-order valence-electron chi connectivity index (χ0n) is 13.7. The number of benzene rings is 1. The zero-order chi connectivity index (χ0) is 16.7. The molecule has 1 aromatic heterocycles. The molecule has 2 aliphatic rings. The Kier molecular flexibility index (Phi) is 3.63. The minimum absolute atomic E-state index is 0.0352. The normalized spacial score (nSPS) is 15.8. The first-order chi connectivity index (χ1) is 11.7. The number of hydrogen-bond acceptors (Lipinski definition) is 3. The van der Waals surface area contributed by atoms with Crippen LogP contribution in [0.15, 0.2) is 35.1 Å². The van der Waals surface area contributed by atoms with Crippen molar-refractivity contribution in [3.63, 3.8) is 0 Å². The summed E-state index contributed by atoms with van der Waals surface area (Å²) in [7, 11) is 1.52. The van der Waals surface area contributed by atoms with Gasteiger partial charge >= 0.3 is 0 Å². The fraction of sp³-hybridized carbons (Fsp3) is 0.368. The topological polar surface area (TPSA) is 51.5 Å². The van der Waals surface area contributed by atoms with Gasteiger partial charge in [0, 0.05) is 31.4 Å². The molecule has 2 aliphatic heterocycles. The maximum absolute atomic E-state index is 13.2. The van der Waals surface area contributed by atoms with E-state index in [1.807, 2.05) is 17.0 Å². The standard InChI is InChI=1S/C19H20N2O3/c1-24-16-11-17(22)21-9-4-7-15(21)18(16)19(23)20-10-8-13-5-2-3-6-14(13)12-20/h2-3,5-6,11H,4,7-10,12H2,1H3. The fourth-order valence-corrected chi connectivity index (χ4v) is 3.80. The number of nitrogens with zero attached hydrogens (tertiary/aromatic N) is 2. The second kappa shape index (κ2) is 5.82. The van der Waals surface area contributed by atoms with Crippen LogP contribution >= 0.6 is 0 Å². The van der Waals surface area contributed by atoms with Crippen molar-refractivity contribution in [3.05, 3.63) is 63.1 Å². The number of aromatic nitrogens is 1. The number of hydrogen-bond donors (Lipinski definition) is 0. The molecule has 0 radical (unpaired) electrons. The van der Waals surface area contributed by atoms with Crippen LogP contribution in [-0.2, 0) is 25.9 Å².